The van der Waals surface area contributed by atoms with Gasteiger partial charge in [-0.15, -0.1) is 11.3 Å². The Morgan fingerprint density at radius 3 is 2.67 bits per heavy atom. The molecule has 2 aromatic carbocycles. The van der Waals surface area contributed by atoms with Gasteiger partial charge in [-0.2, -0.15) is 4.31 Å². The third kappa shape index (κ3) is 4.11. The zero-order valence-electron chi connectivity index (χ0n) is 15.9. The van der Waals surface area contributed by atoms with E-state index in [0.717, 1.165) is 22.2 Å². The molecule has 1 aliphatic rings. The minimum Gasteiger partial charge on any atom is -0.298 e. The number of benzene rings is 2. The van der Waals surface area contributed by atoms with E-state index in [1.54, 1.807) is 24.3 Å². The number of sulfonamides is 1. The number of nitrogens with zero attached hydrogens (tertiary/aromatic N) is 2. The van der Waals surface area contributed by atoms with Gasteiger partial charge >= 0.3 is 0 Å². The van der Waals surface area contributed by atoms with Crippen molar-refractivity contribution in [3.63, 3.8) is 0 Å². The second-order valence-electron chi connectivity index (χ2n) is 6.87. The van der Waals surface area contributed by atoms with E-state index in [-0.39, 0.29) is 22.0 Å². The molecular weight excluding hydrogens is 449 g/mol. The number of fused-ring (bicyclic) bond motifs is 1. The van der Waals surface area contributed by atoms with Gasteiger partial charge in [0.25, 0.3) is 5.91 Å². The van der Waals surface area contributed by atoms with Crippen LogP contribution in [-0.4, -0.2) is 30.2 Å². The summed E-state index contributed by atoms with van der Waals surface area (Å²) in [5.41, 5.74) is 1.96. The maximum atomic E-state index is 13.3. The van der Waals surface area contributed by atoms with Crippen molar-refractivity contribution in [3.05, 3.63) is 75.0 Å². The van der Waals surface area contributed by atoms with Crippen molar-refractivity contribution in [2.24, 2.45) is 0 Å². The van der Waals surface area contributed by atoms with E-state index in [2.05, 4.69) is 10.3 Å². The van der Waals surface area contributed by atoms with Gasteiger partial charge in [0.1, 0.15) is 5.82 Å². The zero-order valence-corrected chi connectivity index (χ0v) is 18.2. The highest BCUT2D eigenvalue weighted by Gasteiger charge is 2.30. The van der Waals surface area contributed by atoms with E-state index < -0.39 is 21.7 Å². The standard InChI is InChI=1S/C20H17ClFN3O3S2/c1-12-2-5-14(6-3-12)30(27,28)25-9-8-17-18(11-25)29-20(23-17)24-19(26)13-4-7-16(22)15(21)10-13/h2-7,10H,8-9,11H2,1H3,(H,23,24,26). The SMILES string of the molecule is Cc1ccc(S(=O)(=O)N2CCc3nc(NC(=O)c4ccc(F)c(Cl)c4)sc3C2)cc1. The van der Waals surface area contributed by atoms with E-state index in [9.17, 15) is 17.6 Å². The third-order valence-corrected chi connectivity index (χ3v) is 7.90. The Hall–Kier alpha value is -2.33. The number of anilines is 1. The minimum absolute atomic E-state index is 0.141. The number of carbonyl (C=O) groups is 1. The molecule has 3 aromatic rings. The number of hydrogen-bond donors (Lipinski definition) is 1. The summed E-state index contributed by atoms with van der Waals surface area (Å²) >= 11 is 6.96. The Kier molecular flexibility index (Phi) is 5.63. The summed E-state index contributed by atoms with van der Waals surface area (Å²) in [4.78, 5) is 17.8. The van der Waals surface area contributed by atoms with Crippen molar-refractivity contribution in [2.75, 3.05) is 11.9 Å². The minimum atomic E-state index is -3.61. The van der Waals surface area contributed by atoms with Crippen LogP contribution in [0.5, 0.6) is 0 Å². The first-order valence-electron chi connectivity index (χ1n) is 9.06. The van der Waals surface area contributed by atoms with E-state index in [1.165, 1.54) is 27.8 Å². The quantitative estimate of drug-likeness (QED) is 0.625. The lowest BCUT2D eigenvalue weighted by atomic mass is 10.2. The first kappa shape index (κ1) is 20.9. The first-order chi connectivity index (χ1) is 14.2. The second-order valence-corrected chi connectivity index (χ2v) is 10.3. The molecule has 0 atom stereocenters. The largest absolute Gasteiger partial charge is 0.298 e. The maximum absolute atomic E-state index is 13.3. The van der Waals surface area contributed by atoms with Gasteiger partial charge in [0, 0.05) is 23.4 Å². The van der Waals surface area contributed by atoms with E-state index in [0.29, 0.717) is 18.1 Å². The molecular formula is C20H17ClFN3O3S2. The summed E-state index contributed by atoms with van der Waals surface area (Å²) in [6.07, 6.45) is 0.454. The molecule has 2 heterocycles. The van der Waals surface area contributed by atoms with Crippen LogP contribution in [0.1, 0.15) is 26.5 Å². The molecule has 30 heavy (non-hydrogen) atoms. The van der Waals surface area contributed by atoms with Gasteiger partial charge in [-0.3, -0.25) is 10.1 Å². The number of nitrogens with one attached hydrogen (secondary N) is 1. The van der Waals surface area contributed by atoms with Gasteiger partial charge in [0.05, 0.1) is 22.2 Å². The Morgan fingerprint density at radius 2 is 1.97 bits per heavy atom. The van der Waals surface area contributed by atoms with Gasteiger partial charge in [-0.1, -0.05) is 29.3 Å². The number of halogens is 2. The zero-order chi connectivity index (χ0) is 21.5. The molecule has 10 heteroatoms. The number of aryl methyl sites for hydroxylation is 1. The van der Waals surface area contributed by atoms with Gasteiger partial charge in [0.2, 0.25) is 10.0 Å². The number of hydrogen-bond acceptors (Lipinski definition) is 5. The van der Waals surface area contributed by atoms with Crippen molar-refractivity contribution in [1.29, 1.82) is 0 Å². The molecule has 0 aliphatic carbocycles. The van der Waals surface area contributed by atoms with Crippen molar-refractivity contribution in [2.45, 2.75) is 24.8 Å². The van der Waals surface area contributed by atoms with Crippen LogP contribution in [0.3, 0.4) is 0 Å². The average Bonchev–Trinajstić information content (AvgIpc) is 3.11. The Bertz CT molecular complexity index is 1230. The fraction of sp³-hybridized carbons (Fsp3) is 0.200. The number of carbonyl (C=O) groups excluding carboxylic acids is 1. The molecule has 0 fully saturated rings. The molecule has 0 unspecified atom stereocenters. The number of aromatic nitrogens is 1. The number of thiazole rings is 1. The predicted octanol–water partition coefficient (Wildman–Crippen LogP) is 4.24. The van der Waals surface area contributed by atoms with E-state index in [4.69, 9.17) is 11.6 Å². The second kappa shape index (κ2) is 8.07. The molecule has 0 radical (unpaired) electrons. The molecule has 1 aliphatic heterocycles. The lowest BCUT2D eigenvalue weighted by Gasteiger charge is -2.25. The van der Waals surface area contributed by atoms with Gasteiger partial charge in [-0.25, -0.2) is 17.8 Å². The summed E-state index contributed by atoms with van der Waals surface area (Å²) in [7, 11) is -3.61. The lowest BCUT2D eigenvalue weighted by molar-refractivity contribution is 0.102. The van der Waals surface area contributed by atoms with Crippen LogP contribution in [0, 0.1) is 12.7 Å². The van der Waals surface area contributed by atoms with Crippen LogP contribution in [0.4, 0.5) is 9.52 Å². The topological polar surface area (TPSA) is 79.4 Å². The number of amides is 1. The molecule has 0 saturated carbocycles. The van der Waals surface area contributed by atoms with Crippen molar-refractivity contribution < 1.29 is 17.6 Å². The average molecular weight is 466 g/mol. The molecule has 6 nitrogen and oxygen atoms in total. The van der Waals surface area contributed by atoms with Gasteiger partial charge in [0.15, 0.2) is 5.13 Å². The monoisotopic (exact) mass is 465 g/mol. The highest BCUT2D eigenvalue weighted by atomic mass is 35.5. The van der Waals surface area contributed by atoms with Crippen molar-refractivity contribution in [3.8, 4) is 0 Å². The summed E-state index contributed by atoms with van der Waals surface area (Å²) in [5.74, 6) is -1.07. The fourth-order valence-electron chi connectivity index (χ4n) is 3.10. The summed E-state index contributed by atoms with van der Waals surface area (Å²) in [5, 5.41) is 2.89. The van der Waals surface area contributed by atoms with E-state index in [1.807, 2.05) is 6.92 Å². The lowest BCUT2D eigenvalue weighted by Crippen LogP contribution is -2.35. The summed E-state index contributed by atoms with van der Waals surface area (Å²) in [6, 6.07) is 10.4. The van der Waals surface area contributed by atoms with Crippen LogP contribution >= 0.6 is 22.9 Å². The van der Waals surface area contributed by atoms with Crippen molar-refractivity contribution >= 4 is 44.0 Å². The van der Waals surface area contributed by atoms with Gasteiger partial charge in [-0.05, 0) is 37.3 Å². The highest BCUT2D eigenvalue weighted by molar-refractivity contribution is 7.89. The third-order valence-electron chi connectivity index (χ3n) is 4.76. The fourth-order valence-corrected chi connectivity index (χ4v) is 5.79. The normalized spacial score (nSPS) is 14.4. The molecule has 156 valence electrons. The van der Waals surface area contributed by atoms with Crippen LogP contribution in [0.2, 0.25) is 5.02 Å². The maximum Gasteiger partial charge on any atom is 0.257 e. The molecule has 0 spiro atoms. The van der Waals surface area contributed by atoms with Gasteiger partial charge < -0.3 is 0 Å². The predicted molar refractivity (Wildman–Crippen MR) is 114 cm³/mol. The first-order valence-corrected chi connectivity index (χ1v) is 11.7. The van der Waals surface area contributed by atoms with Crippen molar-refractivity contribution in [1.82, 2.24) is 9.29 Å². The highest BCUT2D eigenvalue weighted by Crippen LogP contribution is 2.31. The molecule has 1 N–H and O–H groups in total. The van der Waals surface area contributed by atoms with Crippen LogP contribution in [0.15, 0.2) is 47.4 Å². The molecule has 4 rings (SSSR count). The molecule has 0 bridgehead atoms. The molecule has 0 saturated heterocycles. The Morgan fingerprint density at radius 1 is 1.23 bits per heavy atom. The Balaban J connectivity index is 1.51. The summed E-state index contributed by atoms with van der Waals surface area (Å²) < 4.78 is 40.6. The Labute approximate surface area is 182 Å². The summed E-state index contributed by atoms with van der Waals surface area (Å²) in [6.45, 7) is 2.41. The van der Waals surface area contributed by atoms with Crippen LogP contribution in [-0.2, 0) is 23.0 Å². The van der Waals surface area contributed by atoms with Crippen LogP contribution in [0.25, 0.3) is 0 Å². The molecule has 1 amide bonds. The smallest absolute Gasteiger partial charge is 0.257 e. The van der Waals surface area contributed by atoms with E-state index >= 15 is 0 Å². The van der Waals surface area contributed by atoms with Crippen LogP contribution < -0.4 is 5.32 Å². The molecule has 1 aromatic heterocycles. The number of rotatable bonds is 4.